The van der Waals surface area contributed by atoms with Crippen LogP contribution in [0, 0.1) is 6.92 Å². The van der Waals surface area contributed by atoms with Crippen LogP contribution in [-0.2, 0) is 29.6 Å². The van der Waals surface area contributed by atoms with Crippen molar-refractivity contribution in [2.24, 2.45) is 0 Å². The van der Waals surface area contributed by atoms with E-state index in [1.807, 2.05) is 0 Å². The van der Waals surface area contributed by atoms with Crippen LogP contribution in [0.1, 0.15) is 15.9 Å². The predicted octanol–water partition coefficient (Wildman–Crippen LogP) is 0.799. The van der Waals surface area contributed by atoms with Crippen molar-refractivity contribution >= 4 is 37.5 Å². The number of rotatable bonds is 5. The lowest BCUT2D eigenvalue weighted by atomic mass is 10.2. The highest BCUT2D eigenvalue weighted by molar-refractivity contribution is 7.90. The van der Waals surface area contributed by atoms with Gasteiger partial charge in [-0.2, -0.15) is 4.31 Å². The smallest absolute Gasteiger partial charge is 0.269 e. The summed E-state index contributed by atoms with van der Waals surface area (Å²) in [6, 6.07) is 10.2. The Balaban J connectivity index is 1.59. The van der Waals surface area contributed by atoms with E-state index in [-0.39, 0.29) is 47.3 Å². The average molecular weight is 480 g/mol. The predicted molar refractivity (Wildman–Crippen MR) is 114 cm³/mol. The molecule has 2 aliphatic rings. The summed E-state index contributed by atoms with van der Waals surface area (Å²) in [6.07, 6.45) is 0. The number of sulfonamides is 2. The molecule has 10 nitrogen and oxygen atoms in total. The van der Waals surface area contributed by atoms with Crippen LogP contribution in [0.2, 0.25) is 0 Å². The molecule has 0 spiro atoms. The number of morpholine rings is 1. The third kappa shape index (κ3) is 3.90. The summed E-state index contributed by atoms with van der Waals surface area (Å²) in [5.74, 6) is -1.64. The molecule has 1 saturated heterocycles. The van der Waals surface area contributed by atoms with Gasteiger partial charge in [0.15, 0.2) is 0 Å². The highest BCUT2D eigenvalue weighted by Gasteiger charge is 2.42. The monoisotopic (exact) mass is 479 g/mol. The second kappa shape index (κ2) is 8.28. The molecule has 2 aliphatic heterocycles. The molecule has 0 radical (unpaired) electrons. The van der Waals surface area contributed by atoms with Crippen molar-refractivity contribution in [2.45, 2.75) is 16.7 Å². The van der Waals surface area contributed by atoms with E-state index in [9.17, 15) is 26.4 Å². The molecule has 2 aromatic rings. The fourth-order valence-corrected chi connectivity index (χ4v) is 6.74. The van der Waals surface area contributed by atoms with Gasteiger partial charge in [-0.3, -0.25) is 9.59 Å². The Bertz CT molecular complexity index is 1300. The molecule has 32 heavy (non-hydrogen) atoms. The minimum absolute atomic E-state index is 0.00801. The van der Waals surface area contributed by atoms with Crippen LogP contribution in [0.4, 0.5) is 5.69 Å². The van der Waals surface area contributed by atoms with E-state index in [2.05, 4.69) is 5.32 Å². The average Bonchev–Trinajstić information content (AvgIpc) is 2.96. The van der Waals surface area contributed by atoms with Gasteiger partial charge in [0.05, 0.1) is 24.5 Å². The van der Waals surface area contributed by atoms with Gasteiger partial charge >= 0.3 is 0 Å². The molecule has 0 unspecified atom stereocenters. The number of carbonyl (C=O) groups is 2. The fraction of sp³-hybridized carbons (Fsp3) is 0.300. The Morgan fingerprint density at radius 2 is 1.81 bits per heavy atom. The summed E-state index contributed by atoms with van der Waals surface area (Å²) in [7, 11) is -8.09. The Labute approximate surface area is 185 Å². The number of carbonyl (C=O) groups excluding carboxylic acids is 2. The summed E-state index contributed by atoms with van der Waals surface area (Å²) in [5.41, 5.74) is 0.669. The Morgan fingerprint density at radius 1 is 1.12 bits per heavy atom. The number of amides is 2. The number of fused-ring (bicyclic) bond motifs is 1. The van der Waals surface area contributed by atoms with Crippen molar-refractivity contribution in [1.82, 2.24) is 8.61 Å². The first-order chi connectivity index (χ1) is 15.1. The van der Waals surface area contributed by atoms with Crippen LogP contribution in [0.15, 0.2) is 52.3 Å². The molecule has 4 rings (SSSR count). The second-order valence-electron chi connectivity index (χ2n) is 7.38. The van der Waals surface area contributed by atoms with E-state index in [4.69, 9.17) is 4.74 Å². The molecule has 1 fully saturated rings. The van der Waals surface area contributed by atoms with Gasteiger partial charge in [0.1, 0.15) is 16.3 Å². The number of ether oxygens (including phenoxy) is 1. The van der Waals surface area contributed by atoms with E-state index in [1.54, 1.807) is 13.0 Å². The summed E-state index contributed by atoms with van der Waals surface area (Å²) < 4.78 is 58.6. The first-order valence-electron chi connectivity index (χ1n) is 9.77. The zero-order valence-electron chi connectivity index (χ0n) is 17.1. The second-order valence-corrected chi connectivity index (χ2v) is 11.1. The van der Waals surface area contributed by atoms with E-state index >= 15 is 0 Å². The highest BCUT2D eigenvalue weighted by Crippen LogP contribution is 2.30. The maximum atomic E-state index is 13.1. The highest BCUT2D eigenvalue weighted by atomic mass is 32.2. The van der Waals surface area contributed by atoms with Crippen LogP contribution in [-0.4, -0.2) is 70.1 Å². The molecule has 2 amide bonds. The third-order valence-corrected chi connectivity index (χ3v) is 8.92. The molecule has 1 N–H and O–H groups in total. The Kier molecular flexibility index (Phi) is 5.79. The van der Waals surface area contributed by atoms with Gasteiger partial charge in [0.2, 0.25) is 15.9 Å². The maximum absolute atomic E-state index is 13.1. The Morgan fingerprint density at radius 3 is 2.50 bits per heavy atom. The van der Waals surface area contributed by atoms with Crippen molar-refractivity contribution in [3.05, 3.63) is 53.6 Å². The number of nitrogens with zero attached hydrogens (tertiary/aromatic N) is 2. The van der Waals surface area contributed by atoms with E-state index < -0.39 is 38.4 Å². The maximum Gasteiger partial charge on any atom is 0.269 e. The van der Waals surface area contributed by atoms with Crippen LogP contribution >= 0.6 is 0 Å². The molecule has 0 atom stereocenters. The number of anilines is 1. The van der Waals surface area contributed by atoms with Gasteiger partial charge < -0.3 is 10.1 Å². The zero-order chi connectivity index (χ0) is 23.1. The molecule has 0 saturated carbocycles. The van der Waals surface area contributed by atoms with Crippen LogP contribution in [0.3, 0.4) is 0 Å². The third-order valence-electron chi connectivity index (χ3n) is 5.20. The van der Waals surface area contributed by atoms with Crippen LogP contribution < -0.4 is 5.32 Å². The standard InChI is InChI=1S/C20H21N3O7S2/c1-14-6-7-16(18(12-14)31(26,27)22-8-10-30-11-9-22)21-19(24)13-23-20(25)15-4-2-3-5-17(15)32(23,28)29/h2-7,12H,8-11,13H2,1H3,(H,21,24). The van der Waals surface area contributed by atoms with Crippen molar-refractivity contribution in [3.8, 4) is 0 Å². The van der Waals surface area contributed by atoms with Gasteiger partial charge in [-0.25, -0.2) is 21.1 Å². The number of hydrogen-bond donors (Lipinski definition) is 1. The van der Waals surface area contributed by atoms with Crippen molar-refractivity contribution in [2.75, 3.05) is 38.2 Å². The molecular formula is C20H21N3O7S2. The van der Waals surface area contributed by atoms with Gasteiger partial charge in [-0.1, -0.05) is 18.2 Å². The summed E-state index contributed by atoms with van der Waals surface area (Å²) in [4.78, 5) is 25.0. The molecule has 2 heterocycles. The van der Waals surface area contributed by atoms with E-state index in [1.165, 1.54) is 40.7 Å². The summed E-state index contributed by atoms with van der Waals surface area (Å²) >= 11 is 0. The van der Waals surface area contributed by atoms with Gasteiger partial charge in [-0.15, -0.1) is 0 Å². The lowest BCUT2D eigenvalue weighted by Gasteiger charge is -2.27. The molecule has 0 aliphatic carbocycles. The molecule has 170 valence electrons. The van der Waals surface area contributed by atoms with Crippen molar-refractivity contribution in [3.63, 3.8) is 0 Å². The molecule has 2 aromatic carbocycles. The largest absolute Gasteiger partial charge is 0.379 e. The lowest BCUT2D eigenvalue weighted by Crippen LogP contribution is -2.41. The normalized spacial score (nSPS) is 18.4. The number of nitrogens with one attached hydrogen (secondary N) is 1. The Hall–Kier alpha value is -2.80. The van der Waals surface area contributed by atoms with E-state index in [0.717, 1.165) is 0 Å². The molecule has 12 heteroatoms. The zero-order valence-corrected chi connectivity index (χ0v) is 18.8. The number of benzene rings is 2. The van der Waals surface area contributed by atoms with Crippen molar-refractivity contribution in [1.29, 1.82) is 0 Å². The quantitative estimate of drug-likeness (QED) is 0.671. The number of hydrogen-bond acceptors (Lipinski definition) is 7. The molecular weight excluding hydrogens is 458 g/mol. The van der Waals surface area contributed by atoms with Crippen LogP contribution in [0.25, 0.3) is 0 Å². The van der Waals surface area contributed by atoms with Crippen molar-refractivity contribution < 1.29 is 31.2 Å². The van der Waals surface area contributed by atoms with Gasteiger partial charge in [0.25, 0.3) is 15.9 Å². The summed E-state index contributed by atoms with van der Waals surface area (Å²) in [5, 5.41) is 2.46. The first kappa shape index (κ1) is 22.4. The van der Waals surface area contributed by atoms with Crippen LogP contribution in [0.5, 0.6) is 0 Å². The van der Waals surface area contributed by atoms with Gasteiger partial charge in [-0.05, 0) is 36.8 Å². The minimum Gasteiger partial charge on any atom is -0.379 e. The number of aryl methyl sites for hydroxylation is 1. The summed E-state index contributed by atoms with van der Waals surface area (Å²) in [6.45, 7) is 1.84. The molecule has 0 aromatic heterocycles. The fourth-order valence-electron chi connectivity index (χ4n) is 3.58. The topological polar surface area (TPSA) is 130 Å². The van der Waals surface area contributed by atoms with Gasteiger partial charge in [0, 0.05) is 13.1 Å². The SMILES string of the molecule is Cc1ccc(NC(=O)CN2C(=O)c3ccccc3S2(=O)=O)c(S(=O)(=O)N2CCOCC2)c1. The lowest BCUT2D eigenvalue weighted by molar-refractivity contribution is -0.116. The molecule has 0 bridgehead atoms. The minimum atomic E-state index is -4.16. The van der Waals surface area contributed by atoms with E-state index in [0.29, 0.717) is 9.87 Å². The first-order valence-corrected chi connectivity index (χ1v) is 12.6.